The summed E-state index contributed by atoms with van der Waals surface area (Å²) in [6.45, 7) is -1.03. The molecule has 1 saturated carbocycles. The minimum atomic E-state index is -2.10. The highest BCUT2D eigenvalue weighted by Gasteiger charge is 2.46. The molecule has 27 heavy (non-hydrogen) atoms. The van der Waals surface area contributed by atoms with Crippen molar-refractivity contribution in [2.75, 3.05) is 6.54 Å². The Morgan fingerprint density at radius 2 is 2.19 bits per heavy atom. The third kappa shape index (κ3) is 2.66. The van der Waals surface area contributed by atoms with Gasteiger partial charge < -0.3 is 10.1 Å². The smallest absolute Gasteiger partial charge is 0.196 e. The first-order chi connectivity index (χ1) is 14.5. The fraction of sp³-hybridized carbons (Fsp3) is 0.696. The molecule has 144 valence electrons. The maximum Gasteiger partial charge on any atom is 0.196 e. The number of nitrogens with zero attached hydrogens (tertiary/aromatic N) is 1. The van der Waals surface area contributed by atoms with Crippen LogP contribution >= 0.6 is 11.8 Å². The molecule has 1 N–H and O–H groups in total. The van der Waals surface area contributed by atoms with Gasteiger partial charge in [0, 0.05) is 44.1 Å². The van der Waals surface area contributed by atoms with E-state index in [1.165, 1.54) is 42.5 Å². The van der Waals surface area contributed by atoms with Crippen LogP contribution in [0.5, 0.6) is 0 Å². The summed E-state index contributed by atoms with van der Waals surface area (Å²) in [5.74, 6) is 2.86. The van der Waals surface area contributed by atoms with Crippen molar-refractivity contribution in [2.45, 2.75) is 74.9 Å². The van der Waals surface area contributed by atoms with Gasteiger partial charge in [-0.05, 0) is 68.9 Å². The van der Waals surface area contributed by atoms with E-state index in [1.807, 2.05) is 0 Å². The van der Waals surface area contributed by atoms with E-state index < -0.39 is 6.85 Å². The lowest BCUT2D eigenvalue weighted by Gasteiger charge is -2.33. The van der Waals surface area contributed by atoms with E-state index in [1.54, 1.807) is 0 Å². The van der Waals surface area contributed by atoms with Gasteiger partial charge in [-0.3, -0.25) is 4.99 Å². The van der Waals surface area contributed by atoms with Crippen LogP contribution in [0.4, 0.5) is 0 Å². The van der Waals surface area contributed by atoms with Crippen LogP contribution in [0, 0.1) is 17.8 Å². The Hall–Kier alpha value is -1.16. The van der Waals surface area contributed by atoms with Gasteiger partial charge in [-0.15, -0.1) is 0 Å². The van der Waals surface area contributed by atoms with Crippen molar-refractivity contribution in [1.82, 2.24) is 5.32 Å². The summed E-state index contributed by atoms with van der Waals surface area (Å²) in [5, 5.41) is 5.25. The SMILES string of the molecule is [2H]C([2H])([2H])C1=NC2OC3=C(C4=C[C@H]5S[C@H]6CCCC[C@H]6C5CN4)CCC=C3C2CC1. The molecule has 0 amide bonds. The van der Waals surface area contributed by atoms with Gasteiger partial charge in [-0.2, -0.15) is 11.8 Å². The highest BCUT2D eigenvalue weighted by atomic mass is 32.2. The van der Waals surface area contributed by atoms with Crippen LogP contribution in [-0.2, 0) is 4.74 Å². The van der Waals surface area contributed by atoms with Crippen LogP contribution in [0.25, 0.3) is 0 Å². The molecule has 4 heterocycles. The molecular weight excluding hydrogens is 352 g/mol. The number of allylic oxidation sites excluding steroid dienone is 3. The Morgan fingerprint density at radius 3 is 3.15 bits per heavy atom. The predicted molar refractivity (Wildman–Crippen MR) is 112 cm³/mol. The van der Waals surface area contributed by atoms with Crippen molar-refractivity contribution in [2.24, 2.45) is 22.7 Å². The van der Waals surface area contributed by atoms with Gasteiger partial charge in [0.05, 0.1) is 0 Å². The van der Waals surface area contributed by atoms with Crippen molar-refractivity contribution in [1.29, 1.82) is 0 Å². The van der Waals surface area contributed by atoms with E-state index in [9.17, 15) is 0 Å². The lowest BCUT2D eigenvalue weighted by molar-refractivity contribution is 0.129. The topological polar surface area (TPSA) is 33.6 Å². The van der Waals surface area contributed by atoms with Crippen molar-refractivity contribution in [3.05, 3.63) is 34.8 Å². The number of fused-ring (bicyclic) bond motifs is 6. The maximum absolute atomic E-state index is 7.72. The minimum Gasteiger partial charge on any atom is -0.467 e. The molecule has 0 aromatic rings. The zero-order chi connectivity index (χ0) is 20.5. The molecule has 3 unspecified atom stereocenters. The van der Waals surface area contributed by atoms with E-state index >= 15 is 0 Å². The van der Waals surface area contributed by atoms with Gasteiger partial charge in [0.25, 0.3) is 0 Å². The zero-order valence-corrected chi connectivity index (χ0v) is 16.6. The monoisotopic (exact) mass is 385 g/mol. The molecule has 0 aromatic heterocycles. The number of hydrogen-bond acceptors (Lipinski definition) is 4. The number of nitrogens with one attached hydrogen (secondary N) is 1. The molecule has 2 aliphatic carbocycles. The lowest BCUT2D eigenvalue weighted by atomic mass is 9.77. The van der Waals surface area contributed by atoms with Crippen molar-refractivity contribution < 1.29 is 8.85 Å². The summed E-state index contributed by atoms with van der Waals surface area (Å²) in [5.41, 5.74) is 4.16. The normalized spacial score (nSPS) is 44.7. The Bertz CT molecular complexity index is 874. The molecule has 0 spiro atoms. The predicted octanol–water partition coefficient (Wildman–Crippen LogP) is 4.97. The summed E-state index contributed by atoms with van der Waals surface area (Å²) in [4.78, 5) is 4.53. The summed E-state index contributed by atoms with van der Waals surface area (Å²) < 4.78 is 29.5. The number of hydrogen-bond donors (Lipinski definition) is 1. The first-order valence-electron chi connectivity index (χ1n) is 12.3. The van der Waals surface area contributed by atoms with Crippen molar-refractivity contribution in [3.8, 4) is 0 Å². The molecule has 3 nitrogen and oxygen atoms in total. The fourth-order valence-electron chi connectivity index (χ4n) is 6.17. The second-order valence-electron chi connectivity index (χ2n) is 8.95. The highest BCUT2D eigenvalue weighted by Crippen LogP contribution is 2.52. The van der Waals surface area contributed by atoms with E-state index in [0.717, 1.165) is 48.7 Å². The first-order valence-corrected chi connectivity index (χ1v) is 11.7. The molecule has 2 saturated heterocycles. The molecule has 0 radical (unpaired) electrons. The van der Waals surface area contributed by atoms with E-state index in [0.29, 0.717) is 17.4 Å². The number of thioether (sulfide) groups is 1. The van der Waals surface area contributed by atoms with Crippen LogP contribution in [-0.4, -0.2) is 29.0 Å². The molecular formula is C23H30N2OS. The minimum absolute atomic E-state index is 0.210. The van der Waals surface area contributed by atoms with Gasteiger partial charge >= 0.3 is 0 Å². The van der Waals surface area contributed by atoms with Crippen LogP contribution in [0.3, 0.4) is 0 Å². The molecule has 6 rings (SSSR count). The second kappa shape index (κ2) is 6.43. The zero-order valence-electron chi connectivity index (χ0n) is 18.7. The van der Waals surface area contributed by atoms with Gasteiger partial charge in [0.2, 0.25) is 0 Å². The number of ether oxygens (including phenoxy) is 1. The van der Waals surface area contributed by atoms with Crippen LogP contribution in [0.15, 0.2) is 39.7 Å². The van der Waals surface area contributed by atoms with Gasteiger partial charge in [0.15, 0.2) is 6.23 Å². The largest absolute Gasteiger partial charge is 0.467 e. The summed E-state index contributed by atoms with van der Waals surface area (Å²) in [7, 11) is 0. The third-order valence-electron chi connectivity index (χ3n) is 7.49. The number of rotatable bonds is 1. The Balaban J connectivity index is 1.29. The van der Waals surface area contributed by atoms with Crippen molar-refractivity contribution >= 4 is 17.5 Å². The second-order valence-corrected chi connectivity index (χ2v) is 10.4. The van der Waals surface area contributed by atoms with E-state index in [-0.39, 0.29) is 12.1 Å². The summed E-state index contributed by atoms with van der Waals surface area (Å²) >= 11 is 2.22. The van der Waals surface area contributed by atoms with E-state index in [2.05, 4.69) is 34.2 Å². The molecule has 3 fully saturated rings. The van der Waals surface area contributed by atoms with Gasteiger partial charge in [-0.1, -0.05) is 18.9 Å². The Kier molecular flexibility index (Phi) is 3.32. The first kappa shape index (κ1) is 13.9. The molecule has 4 aliphatic heterocycles. The average Bonchev–Trinajstić information content (AvgIpc) is 3.30. The van der Waals surface area contributed by atoms with Gasteiger partial charge in [0.1, 0.15) is 5.76 Å². The van der Waals surface area contributed by atoms with Crippen LogP contribution in [0.1, 0.15) is 62.3 Å². The summed E-state index contributed by atoms with van der Waals surface area (Å²) in [6, 6.07) is 0. The third-order valence-corrected chi connectivity index (χ3v) is 9.23. The maximum atomic E-state index is 7.72. The Morgan fingerprint density at radius 1 is 1.22 bits per heavy atom. The molecule has 6 aliphatic rings. The fourth-order valence-corrected chi connectivity index (χ4v) is 8.13. The highest BCUT2D eigenvalue weighted by molar-refractivity contribution is 8.01. The van der Waals surface area contributed by atoms with Gasteiger partial charge in [-0.25, -0.2) is 0 Å². The number of aliphatic imine (C=N–C) groups is 1. The quantitative estimate of drug-likeness (QED) is 0.692. The molecule has 4 heteroatoms. The molecule has 6 atom stereocenters. The average molecular weight is 386 g/mol. The van der Waals surface area contributed by atoms with Crippen LogP contribution < -0.4 is 5.32 Å². The molecule has 0 aromatic carbocycles. The Labute approximate surface area is 171 Å². The summed E-state index contributed by atoms with van der Waals surface area (Å²) in [6.07, 6.45) is 13.4. The van der Waals surface area contributed by atoms with E-state index in [4.69, 9.17) is 8.85 Å². The van der Waals surface area contributed by atoms with Crippen LogP contribution in [0.2, 0.25) is 0 Å². The van der Waals surface area contributed by atoms with Crippen molar-refractivity contribution in [3.63, 3.8) is 0 Å². The lowest BCUT2D eigenvalue weighted by Crippen LogP contribution is -2.37. The molecule has 0 bridgehead atoms. The standard InChI is InChI=1S/C23H30N2OS/c1-13-9-10-16-15-6-4-7-17(22(15)26-23(16)25-13)19-11-21-18(12-24-19)14-5-2-3-8-20(14)27-21/h6,11,14,16,18,20-21,23-24H,2-5,7-10,12H2,1H3/t14-,16?,18?,20-,21+,23?/m0/s1/i1D3.